The molecule has 0 saturated carbocycles. The van der Waals surface area contributed by atoms with Gasteiger partial charge in [-0.2, -0.15) is 17.0 Å². The zero-order valence-electron chi connectivity index (χ0n) is 8.67. The molecule has 6 nitrogen and oxygen atoms in total. The van der Waals surface area contributed by atoms with E-state index in [2.05, 4.69) is 5.16 Å². The Balaban J connectivity index is 2.24. The molecule has 1 aliphatic rings. The predicted molar refractivity (Wildman–Crippen MR) is 53.2 cm³/mol. The van der Waals surface area contributed by atoms with Crippen LogP contribution in [0.25, 0.3) is 0 Å². The molecule has 2 heterocycles. The summed E-state index contributed by atoms with van der Waals surface area (Å²) < 4.78 is 31.3. The third kappa shape index (κ3) is 1.77. The van der Waals surface area contributed by atoms with Gasteiger partial charge in [-0.15, -0.1) is 0 Å². The molecule has 7 heteroatoms. The first-order valence-electron chi connectivity index (χ1n) is 4.62. The van der Waals surface area contributed by atoms with Crippen molar-refractivity contribution in [1.82, 2.24) is 13.8 Å². The van der Waals surface area contributed by atoms with Crippen LogP contribution in [0.1, 0.15) is 11.3 Å². The Hall–Kier alpha value is -0.920. The second-order valence-electron chi connectivity index (χ2n) is 3.65. The lowest BCUT2D eigenvalue weighted by molar-refractivity contribution is 0.318. The lowest BCUT2D eigenvalue weighted by atomic mass is 10.1. The molecule has 0 atom stereocenters. The average molecular weight is 231 g/mol. The van der Waals surface area contributed by atoms with Crippen LogP contribution in [0.2, 0.25) is 0 Å². The first-order valence-corrected chi connectivity index (χ1v) is 6.01. The van der Waals surface area contributed by atoms with Crippen molar-refractivity contribution in [1.29, 1.82) is 0 Å². The summed E-state index contributed by atoms with van der Waals surface area (Å²) in [6.45, 7) is 0.794. The summed E-state index contributed by atoms with van der Waals surface area (Å²) in [5, 5.41) is 3.66. The molecule has 1 aromatic heterocycles. The number of fused-ring (bicyclic) bond motifs is 1. The van der Waals surface area contributed by atoms with Crippen LogP contribution in [-0.2, 0) is 23.2 Å². The zero-order valence-corrected chi connectivity index (χ0v) is 9.49. The molecule has 84 valence electrons. The second kappa shape index (κ2) is 3.58. The summed E-state index contributed by atoms with van der Waals surface area (Å²) in [6, 6.07) is 0. The number of aromatic nitrogens is 1. The Morgan fingerprint density at radius 2 is 2.27 bits per heavy atom. The van der Waals surface area contributed by atoms with E-state index in [0.29, 0.717) is 19.5 Å². The van der Waals surface area contributed by atoms with E-state index in [1.807, 2.05) is 0 Å². The maximum atomic E-state index is 11.8. The highest BCUT2D eigenvalue weighted by Gasteiger charge is 2.29. The van der Waals surface area contributed by atoms with Crippen LogP contribution < -0.4 is 0 Å². The van der Waals surface area contributed by atoms with Crippen LogP contribution in [0, 0.1) is 0 Å². The van der Waals surface area contributed by atoms with E-state index in [-0.39, 0.29) is 0 Å². The molecule has 1 aromatic rings. The Labute approximate surface area is 88.6 Å². The van der Waals surface area contributed by atoms with Crippen molar-refractivity contribution in [3.8, 4) is 0 Å². The Bertz CT molecular complexity index is 451. The molecule has 0 aliphatic carbocycles. The maximum absolute atomic E-state index is 11.8. The molecule has 0 saturated heterocycles. The minimum Gasteiger partial charge on any atom is -0.361 e. The number of hydrogen-bond donors (Lipinski definition) is 0. The van der Waals surface area contributed by atoms with Crippen molar-refractivity contribution in [2.75, 3.05) is 20.6 Å². The standard InChI is InChI=1S/C8H13N3O3S/c1-10(2)15(12,13)11-4-3-8-7(6-11)5-9-14-8/h5H,3-4,6H2,1-2H3. The van der Waals surface area contributed by atoms with E-state index in [1.54, 1.807) is 6.20 Å². The first kappa shape index (κ1) is 10.6. The molecule has 0 radical (unpaired) electrons. The van der Waals surface area contributed by atoms with Gasteiger partial charge in [-0.05, 0) is 0 Å². The Morgan fingerprint density at radius 1 is 1.53 bits per heavy atom. The minimum absolute atomic E-state index is 0.347. The van der Waals surface area contributed by atoms with Crippen molar-refractivity contribution in [2.45, 2.75) is 13.0 Å². The summed E-state index contributed by atoms with van der Waals surface area (Å²) in [7, 11) is -0.271. The van der Waals surface area contributed by atoms with Gasteiger partial charge in [0.2, 0.25) is 0 Å². The molecular weight excluding hydrogens is 218 g/mol. The molecule has 0 amide bonds. The molecule has 15 heavy (non-hydrogen) atoms. The summed E-state index contributed by atoms with van der Waals surface area (Å²) in [5.41, 5.74) is 0.853. The van der Waals surface area contributed by atoms with Crippen molar-refractivity contribution < 1.29 is 12.9 Å². The van der Waals surface area contributed by atoms with Gasteiger partial charge in [-0.3, -0.25) is 0 Å². The fraction of sp³-hybridized carbons (Fsp3) is 0.625. The van der Waals surface area contributed by atoms with Gasteiger partial charge in [0.1, 0.15) is 5.76 Å². The lowest BCUT2D eigenvalue weighted by Crippen LogP contribution is -2.42. The molecule has 2 rings (SSSR count). The number of hydrogen-bond acceptors (Lipinski definition) is 4. The highest BCUT2D eigenvalue weighted by atomic mass is 32.2. The summed E-state index contributed by atoms with van der Waals surface area (Å²) in [4.78, 5) is 0. The van der Waals surface area contributed by atoms with Crippen LogP contribution in [0.5, 0.6) is 0 Å². The fourth-order valence-corrected chi connectivity index (χ4v) is 2.63. The molecule has 0 unspecified atom stereocenters. The summed E-state index contributed by atoms with van der Waals surface area (Å²) >= 11 is 0. The van der Waals surface area contributed by atoms with Gasteiger partial charge in [0.05, 0.1) is 6.20 Å². The van der Waals surface area contributed by atoms with E-state index in [0.717, 1.165) is 11.3 Å². The maximum Gasteiger partial charge on any atom is 0.281 e. The van der Waals surface area contributed by atoms with Crippen molar-refractivity contribution in [3.63, 3.8) is 0 Å². The van der Waals surface area contributed by atoms with Crippen molar-refractivity contribution in [3.05, 3.63) is 17.5 Å². The normalized spacial score (nSPS) is 18.1. The van der Waals surface area contributed by atoms with E-state index in [9.17, 15) is 8.42 Å². The van der Waals surface area contributed by atoms with Crippen molar-refractivity contribution >= 4 is 10.2 Å². The number of rotatable bonds is 2. The third-order valence-electron chi connectivity index (χ3n) is 2.45. The smallest absolute Gasteiger partial charge is 0.281 e. The predicted octanol–water partition coefficient (Wildman–Crippen LogP) is -0.161. The van der Waals surface area contributed by atoms with Gasteiger partial charge in [-0.1, -0.05) is 5.16 Å². The molecule has 1 aliphatic heterocycles. The van der Waals surface area contributed by atoms with Gasteiger partial charge in [0, 0.05) is 39.2 Å². The highest BCUT2D eigenvalue weighted by Crippen LogP contribution is 2.21. The van der Waals surface area contributed by atoms with Gasteiger partial charge in [0.25, 0.3) is 10.2 Å². The van der Waals surface area contributed by atoms with Gasteiger partial charge < -0.3 is 4.52 Å². The van der Waals surface area contributed by atoms with E-state index in [4.69, 9.17) is 4.52 Å². The first-order chi connectivity index (χ1) is 7.01. The molecule has 0 spiro atoms. The Kier molecular flexibility index (Phi) is 2.53. The van der Waals surface area contributed by atoms with Crippen LogP contribution in [0.4, 0.5) is 0 Å². The van der Waals surface area contributed by atoms with Gasteiger partial charge in [0.15, 0.2) is 0 Å². The summed E-state index contributed by atoms with van der Waals surface area (Å²) in [6.07, 6.45) is 2.16. The van der Waals surface area contributed by atoms with E-state index < -0.39 is 10.2 Å². The van der Waals surface area contributed by atoms with E-state index >= 15 is 0 Å². The third-order valence-corrected chi connectivity index (χ3v) is 4.34. The topological polar surface area (TPSA) is 66.7 Å². The fourth-order valence-electron chi connectivity index (χ4n) is 1.54. The minimum atomic E-state index is -3.32. The molecule has 0 bridgehead atoms. The SMILES string of the molecule is CN(C)S(=O)(=O)N1CCc2oncc2C1. The molecule has 0 aromatic carbocycles. The second-order valence-corrected chi connectivity index (χ2v) is 5.79. The zero-order chi connectivity index (χ0) is 11.1. The quantitative estimate of drug-likeness (QED) is 0.709. The van der Waals surface area contributed by atoms with Crippen molar-refractivity contribution in [2.24, 2.45) is 0 Å². The highest BCUT2D eigenvalue weighted by molar-refractivity contribution is 7.86. The van der Waals surface area contributed by atoms with Crippen LogP contribution >= 0.6 is 0 Å². The van der Waals surface area contributed by atoms with Crippen LogP contribution in [-0.4, -0.2) is 42.8 Å². The number of nitrogens with zero attached hydrogens (tertiary/aromatic N) is 3. The van der Waals surface area contributed by atoms with E-state index in [1.165, 1.54) is 22.7 Å². The lowest BCUT2D eigenvalue weighted by Gasteiger charge is -2.27. The average Bonchev–Trinajstić information content (AvgIpc) is 2.63. The van der Waals surface area contributed by atoms with Gasteiger partial charge in [-0.25, -0.2) is 0 Å². The molecule has 0 N–H and O–H groups in total. The largest absolute Gasteiger partial charge is 0.361 e. The summed E-state index contributed by atoms with van der Waals surface area (Å²) in [5.74, 6) is 0.792. The molecular formula is C8H13N3O3S. The monoisotopic (exact) mass is 231 g/mol. The van der Waals surface area contributed by atoms with Gasteiger partial charge >= 0.3 is 0 Å². The molecule has 0 fully saturated rings. The van der Waals surface area contributed by atoms with Crippen LogP contribution in [0.15, 0.2) is 10.7 Å². The van der Waals surface area contributed by atoms with Crippen LogP contribution in [0.3, 0.4) is 0 Å². The Morgan fingerprint density at radius 3 is 2.93 bits per heavy atom.